The number of hydrogen-bond donors (Lipinski definition) is 1. The number of benzene rings is 1. The maximum atomic E-state index is 12.5. The SMILES string of the molecule is COCCN(CC(=O)Nc1cc(OC)cc(OC)c1)C1CCCC1. The number of hydrogen-bond acceptors (Lipinski definition) is 5. The molecule has 6 heteroatoms. The molecule has 1 fully saturated rings. The van der Waals surface area contributed by atoms with Crippen LogP contribution in [-0.4, -0.2) is 57.9 Å². The van der Waals surface area contributed by atoms with Gasteiger partial charge in [-0.15, -0.1) is 0 Å². The summed E-state index contributed by atoms with van der Waals surface area (Å²) in [6.07, 6.45) is 4.79. The molecule has 1 saturated carbocycles. The minimum atomic E-state index is -0.0340. The first-order valence-electron chi connectivity index (χ1n) is 8.42. The number of carbonyl (C=O) groups is 1. The Morgan fingerprint density at radius 3 is 2.29 bits per heavy atom. The summed E-state index contributed by atoms with van der Waals surface area (Å²) in [5.74, 6) is 1.27. The second kappa shape index (κ2) is 9.49. The van der Waals surface area contributed by atoms with Crippen molar-refractivity contribution in [1.82, 2.24) is 4.90 Å². The molecule has 1 N–H and O–H groups in total. The minimum absolute atomic E-state index is 0.0340. The number of methoxy groups -OCH3 is 3. The van der Waals surface area contributed by atoms with Gasteiger partial charge in [0.25, 0.3) is 0 Å². The zero-order valence-electron chi connectivity index (χ0n) is 14.8. The van der Waals surface area contributed by atoms with Gasteiger partial charge in [0, 0.05) is 43.6 Å². The van der Waals surface area contributed by atoms with Gasteiger partial charge in [0.05, 0.1) is 27.4 Å². The van der Waals surface area contributed by atoms with E-state index < -0.39 is 0 Å². The third kappa shape index (κ3) is 5.39. The van der Waals surface area contributed by atoms with Crippen molar-refractivity contribution in [3.8, 4) is 11.5 Å². The van der Waals surface area contributed by atoms with E-state index in [2.05, 4.69) is 10.2 Å². The van der Waals surface area contributed by atoms with E-state index >= 15 is 0 Å². The fourth-order valence-electron chi connectivity index (χ4n) is 3.13. The zero-order valence-corrected chi connectivity index (χ0v) is 14.8. The van der Waals surface area contributed by atoms with Crippen molar-refractivity contribution >= 4 is 11.6 Å². The van der Waals surface area contributed by atoms with Gasteiger partial charge in [-0.3, -0.25) is 9.69 Å². The molecule has 0 spiro atoms. The highest BCUT2D eigenvalue weighted by atomic mass is 16.5. The molecule has 1 aromatic rings. The molecule has 2 rings (SSSR count). The molecular formula is C18H28N2O4. The van der Waals surface area contributed by atoms with Crippen molar-refractivity contribution in [2.45, 2.75) is 31.7 Å². The van der Waals surface area contributed by atoms with Crippen LogP contribution in [0.2, 0.25) is 0 Å². The molecule has 0 aliphatic heterocycles. The van der Waals surface area contributed by atoms with Crippen LogP contribution in [0.4, 0.5) is 5.69 Å². The van der Waals surface area contributed by atoms with Crippen LogP contribution in [0.25, 0.3) is 0 Å². The summed E-state index contributed by atoms with van der Waals surface area (Å²) >= 11 is 0. The number of amides is 1. The predicted octanol–water partition coefficient (Wildman–Crippen LogP) is 2.53. The molecule has 0 bridgehead atoms. The van der Waals surface area contributed by atoms with Crippen LogP contribution in [0.15, 0.2) is 18.2 Å². The lowest BCUT2D eigenvalue weighted by atomic mass is 10.2. The van der Waals surface area contributed by atoms with Gasteiger partial charge in [-0.2, -0.15) is 0 Å². The van der Waals surface area contributed by atoms with Crippen LogP contribution in [0.1, 0.15) is 25.7 Å². The van der Waals surface area contributed by atoms with E-state index in [1.807, 2.05) is 0 Å². The van der Waals surface area contributed by atoms with Gasteiger partial charge >= 0.3 is 0 Å². The minimum Gasteiger partial charge on any atom is -0.497 e. The first-order valence-corrected chi connectivity index (χ1v) is 8.42. The van der Waals surface area contributed by atoms with Crippen LogP contribution in [0.5, 0.6) is 11.5 Å². The van der Waals surface area contributed by atoms with E-state index in [0.717, 1.165) is 19.4 Å². The lowest BCUT2D eigenvalue weighted by molar-refractivity contribution is -0.118. The summed E-state index contributed by atoms with van der Waals surface area (Å²) < 4.78 is 15.7. The zero-order chi connectivity index (χ0) is 17.4. The molecular weight excluding hydrogens is 308 g/mol. The lowest BCUT2D eigenvalue weighted by Gasteiger charge is -2.27. The van der Waals surface area contributed by atoms with Gasteiger partial charge < -0.3 is 19.5 Å². The topological polar surface area (TPSA) is 60.0 Å². The Labute approximate surface area is 144 Å². The smallest absolute Gasteiger partial charge is 0.238 e. The van der Waals surface area contributed by atoms with Crippen molar-refractivity contribution < 1.29 is 19.0 Å². The Kier molecular flexibility index (Phi) is 7.34. The van der Waals surface area contributed by atoms with Crippen molar-refractivity contribution in [3.05, 3.63) is 18.2 Å². The van der Waals surface area contributed by atoms with E-state index in [9.17, 15) is 4.79 Å². The van der Waals surface area contributed by atoms with Gasteiger partial charge in [0.2, 0.25) is 5.91 Å². The van der Waals surface area contributed by atoms with Crippen molar-refractivity contribution in [2.24, 2.45) is 0 Å². The summed E-state index contributed by atoms with van der Waals surface area (Å²) in [5.41, 5.74) is 0.675. The van der Waals surface area contributed by atoms with E-state index in [4.69, 9.17) is 14.2 Å². The molecule has 1 aromatic carbocycles. The fourth-order valence-corrected chi connectivity index (χ4v) is 3.13. The van der Waals surface area contributed by atoms with Crippen LogP contribution in [0.3, 0.4) is 0 Å². The second-order valence-corrected chi connectivity index (χ2v) is 6.05. The largest absolute Gasteiger partial charge is 0.497 e. The predicted molar refractivity (Wildman–Crippen MR) is 93.9 cm³/mol. The summed E-state index contributed by atoms with van der Waals surface area (Å²) in [4.78, 5) is 14.7. The standard InChI is InChI=1S/C18H28N2O4/c1-22-9-8-20(15-6-4-5-7-15)13-18(21)19-14-10-16(23-2)12-17(11-14)24-3/h10-12,15H,4-9,13H2,1-3H3,(H,19,21). The van der Waals surface area contributed by atoms with Crippen LogP contribution in [-0.2, 0) is 9.53 Å². The number of rotatable bonds is 9. The summed E-state index contributed by atoms with van der Waals surface area (Å²) in [6, 6.07) is 5.83. The first kappa shape index (κ1) is 18.5. The Bertz CT molecular complexity index is 508. The highest BCUT2D eigenvalue weighted by molar-refractivity contribution is 5.92. The van der Waals surface area contributed by atoms with Gasteiger partial charge in [-0.05, 0) is 12.8 Å². The molecule has 134 valence electrons. The third-order valence-electron chi connectivity index (χ3n) is 4.41. The van der Waals surface area contributed by atoms with Crippen molar-refractivity contribution in [1.29, 1.82) is 0 Å². The van der Waals surface area contributed by atoms with Crippen LogP contribution >= 0.6 is 0 Å². The molecule has 0 saturated heterocycles. The molecule has 0 atom stereocenters. The second-order valence-electron chi connectivity index (χ2n) is 6.05. The molecule has 24 heavy (non-hydrogen) atoms. The number of nitrogens with zero attached hydrogens (tertiary/aromatic N) is 1. The van der Waals surface area contributed by atoms with Gasteiger partial charge in [-0.25, -0.2) is 0 Å². The van der Waals surface area contributed by atoms with E-state index in [0.29, 0.717) is 36.4 Å². The number of anilines is 1. The highest BCUT2D eigenvalue weighted by Gasteiger charge is 2.24. The molecule has 0 radical (unpaired) electrons. The first-order chi connectivity index (χ1) is 11.7. The molecule has 0 heterocycles. The highest BCUT2D eigenvalue weighted by Crippen LogP contribution is 2.26. The third-order valence-corrected chi connectivity index (χ3v) is 4.41. The van der Waals surface area contributed by atoms with E-state index in [1.165, 1.54) is 12.8 Å². The Hall–Kier alpha value is -1.79. The summed E-state index contributed by atoms with van der Waals surface area (Å²) in [7, 11) is 4.87. The van der Waals surface area contributed by atoms with Crippen molar-refractivity contribution in [2.75, 3.05) is 46.3 Å². The molecule has 6 nitrogen and oxygen atoms in total. The maximum absolute atomic E-state index is 12.5. The van der Waals surface area contributed by atoms with Crippen molar-refractivity contribution in [3.63, 3.8) is 0 Å². The fraction of sp³-hybridized carbons (Fsp3) is 0.611. The number of ether oxygens (including phenoxy) is 3. The van der Waals surface area contributed by atoms with Crippen LogP contribution < -0.4 is 14.8 Å². The molecule has 1 aliphatic carbocycles. The Balaban J connectivity index is 1.99. The molecule has 1 amide bonds. The molecule has 1 aliphatic rings. The number of nitrogens with one attached hydrogen (secondary N) is 1. The quantitative estimate of drug-likeness (QED) is 0.751. The molecule has 0 unspecified atom stereocenters. The van der Waals surface area contributed by atoms with Gasteiger partial charge in [-0.1, -0.05) is 12.8 Å². The Morgan fingerprint density at radius 2 is 1.75 bits per heavy atom. The average Bonchev–Trinajstić information content (AvgIpc) is 3.12. The van der Waals surface area contributed by atoms with Crippen LogP contribution in [0, 0.1) is 0 Å². The van der Waals surface area contributed by atoms with E-state index in [1.54, 1.807) is 39.5 Å². The number of carbonyl (C=O) groups excluding carboxylic acids is 1. The maximum Gasteiger partial charge on any atom is 0.238 e. The summed E-state index contributed by atoms with van der Waals surface area (Å²) in [5, 5.41) is 2.94. The Morgan fingerprint density at radius 1 is 1.12 bits per heavy atom. The lowest BCUT2D eigenvalue weighted by Crippen LogP contribution is -2.41. The van der Waals surface area contributed by atoms with E-state index in [-0.39, 0.29) is 5.91 Å². The monoisotopic (exact) mass is 336 g/mol. The van der Waals surface area contributed by atoms with Gasteiger partial charge in [0.1, 0.15) is 11.5 Å². The van der Waals surface area contributed by atoms with Gasteiger partial charge in [0.15, 0.2) is 0 Å². The summed E-state index contributed by atoms with van der Waals surface area (Å²) in [6.45, 7) is 1.78. The molecule has 0 aromatic heterocycles. The average molecular weight is 336 g/mol. The normalized spacial score (nSPS) is 14.8.